The van der Waals surface area contributed by atoms with Crippen LogP contribution >= 0.6 is 27.7 Å². The van der Waals surface area contributed by atoms with Gasteiger partial charge in [0.25, 0.3) is 0 Å². The highest BCUT2D eigenvalue weighted by atomic mass is 79.9. The maximum absolute atomic E-state index is 12.3. The van der Waals surface area contributed by atoms with Crippen LogP contribution in [0, 0.1) is 0 Å². The van der Waals surface area contributed by atoms with Crippen molar-refractivity contribution in [3.05, 3.63) is 70.2 Å². The van der Waals surface area contributed by atoms with Gasteiger partial charge in [0.2, 0.25) is 0 Å². The first-order chi connectivity index (χ1) is 10.1. The molecule has 0 saturated carbocycles. The Bertz CT molecular complexity index is 623. The van der Waals surface area contributed by atoms with Crippen LogP contribution in [0.15, 0.2) is 59.1 Å². The average Bonchev–Trinajstić information content (AvgIpc) is 2.48. The fourth-order valence-electron chi connectivity index (χ4n) is 2.02. The van der Waals surface area contributed by atoms with E-state index in [1.165, 1.54) is 18.7 Å². The number of thioether (sulfide) groups is 1. The number of hydrogen-bond acceptors (Lipinski definition) is 3. The second-order valence-corrected chi connectivity index (χ2v) is 6.94. The first-order valence-electron chi connectivity index (χ1n) is 6.57. The molecule has 0 N–H and O–H groups in total. The van der Waals surface area contributed by atoms with Crippen LogP contribution < -0.4 is 0 Å². The largest absolute Gasteiger partial charge is 0.294 e. The lowest BCUT2D eigenvalue weighted by Crippen LogP contribution is -2.06. The summed E-state index contributed by atoms with van der Waals surface area (Å²) in [6.45, 7) is 1.53. The molecule has 0 aliphatic heterocycles. The molecule has 0 saturated heterocycles. The molecule has 0 aliphatic rings. The van der Waals surface area contributed by atoms with E-state index < -0.39 is 0 Å². The highest BCUT2D eigenvalue weighted by molar-refractivity contribution is 9.10. The number of hydrogen-bond donors (Lipinski definition) is 0. The molecular formula is C17H15BrO2S. The second-order valence-electron chi connectivity index (χ2n) is 4.64. The molecule has 0 aliphatic carbocycles. The number of ketones is 1. The number of carbonyl (C=O) groups excluding carboxylic acids is 2. The molecule has 21 heavy (non-hydrogen) atoms. The molecule has 1 unspecified atom stereocenters. The molecule has 2 aromatic carbocycles. The fraction of sp³-hybridized carbons (Fsp3) is 0.176. The van der Waals surface area contributed by atoms with E-state index >= 15 is 0 Å². The SMILES string of the molecule is CC(=O)SC(CC(=O)c1ccccc1)c1ccc(Br)cc1. The van der Waals surface area contributed by atoms with Crippen molar-refractivity contribution in [1.82, 2.24) is 0 Å². The third-order valence-electron chi connectivity index (χ3n) is 3.02. The van der Waals surface area contributed by atoms with Crippen molar-refractivity contribution in [3.63, 3.8) is 0 Å². The van der Waals surface area contributed by atoms with Crippen molar-refractivity contribution in [2.45, 2.75) is 18.6 Å². The predicted molar refractivity (Wildman–Crippen MR) is 90.5 cm³/mol. The minimum Gasteiger partial charge on any atom is -0.294 e. The zero-order chi connectivity index (χ0) is 15.2. The van der Waals surface area contributed by atoms with E-state index in [2.05, 4.69) is 15.9 Å². The molecule has 0 radical (unpaired) electrons. The highest BCUT2D eigenvalue weighted by Gasteiger charge is 2.19. The van der Waals surface area contributed by atoms with Gasteiger partial charge in [-0.2, -0.15) is 0 Å². The van der Waals surface area contributed by atoms with E-state index in [9.17, 15) is 9.59 Å². The summed E-state index contributed by atoms with van der Waals surface area (Å²) in [7, 11) is 0. The minimum atomic E-state index is -0.150. The van der Waals surface area contributed by atoms with Gasteiger partial charge in [0, 0.05) is 28.6 Å². The first kappa shape index (κ1) is 16.0. The summed E-state index contributed by atoms with van der Waals surface area (Å²) in [6.07, 6.45) is 0.315. The topological polar surface area (TPSA) is 34.1 Å². The lowest BCUT2D eigenvalue weighted by Gasteiger charge is -2.15. The van der Waals surface area contributed by atoms with Gasteiger partial charge in [-0.3, -0.25) is 9.59 Å². The van der Waals surface area contributed by atoms with Gasteiger partial charge < -0.3 is 0 Å². The maximum Gasteiger partial charge on any atom is 0.186 e. The van der Waals surface area contributed by atoms with Crippen molar-refractivity contribution in [2.75, 3.05) is 0 Å². The standard InChI is InChI=1S/C17H15BrO2S/c1-12(19)21-17(14-7-9-15(18)10-8-14)11-16(20)13-5-3-2-4-6-13/h2-10,17H,11H2,1H3. The van der Waals surface area contributed by atoms with Crippen LogP contribution in [0.1, 0.15) is 34.5 Å². The minimum absolute atomic E-state index is 0.0174. The van der Waals surface area contributed by atoms with Crippen molar-refractivity contribution >= 4 is 38.6 Å². The van der Waals surface area contributed by atoms with Crippen LogP contribution in [0.25, 0.3) is 0 Å². The van der Waals surface area contributed by atoms with Crippen LogP contribution in [0.3, 0.4) is 0 Å². The first-order valence-corrected chi connectivity index (χ1v) is 8.24. The van der Waals surface area contributed by atoms with Gasteiger partial charge in [-0.25, -0.2) is 0 Å². The summed E-state index contributed by atoms with van der Waals surface area (Å²) in [6, 6.07) is 16.9. The Morgan fingerprint density at radius 3 is 2.24 bits per heavy atom. The third kappa shape index (κ3) is 4.83. The summed E-state index contributed by atoms with van der Waals surface area (Å²) in [5, 5.41) is -0.132. The monoisotopic (exact) mass is 362 g/mol. The van der Waals surface area contributed by atoms with Crippen LogP contribution in [0.2, 0.25) is 0 Å². The molecule has 0 bridgehead atoms. The summed E-state index contributed by atoms with van der Waals surface area (Å²) in [4.78, 5) is 23.8. The summed E-state index contributed by atoms with van der Waals surface area (Å²) >= 11 is 4.60. The van der Waals surface area contributed by atoms with E-state index in [-0.39, 0.29) is 16.1 Å². The van der Waals surface area contributed by atoms with Crippen molar-refractivity contribution < 1.29 is 9.59 Å². The number of Topliss-reactive ketones (excluding diaryl/α,β-unsaturated/α-hetero) is 1. The van der Waals surface area contributed by atoms with E-state index in [0.717, 1.165) is 10.0 Å². The van der Waals surface area contributed by atoms with Crippen molar-refractivity contribution in [3.8, 4) is 0 Å². The summed E-state index contributed by atoms with van der Waals surface area (Å²) in [5.41, 5.74) is 1.67. The van der Waals surface area contributed by atoms with E-state index in [0.29, 0.717) is 12.0 Å². The lowest BCUT2D eigenvalue weighted by atomic mass is 10.0. The van der Waals surface area contributed by atoms with Gasteiger partial charge in [-0.15, -0.1) is 0 Å². The van der Waals surface area contributed by atoms with Gasteiger partial charge >= 0.3 is 0 Å². The number of carbonyl (C=O) groups is 2. The molecule has 2 aromatic rings. The number of rotatable bonds is 5. The van der Waals surface area contributed by atoms with E-state index in [1.807, 2.05) is 42.5 Å². The smallest absolute Gasteiger partial charge is 0.186 e. The molecule has 1 atom stereocenters. The van der Waals surface area contributed by atoms with Crippen LogP contribution in [0.5, 0.6) is 0 Å². The Balaban J connectivity index is 2.18. The zero-order valence-corrected chi connectivity index (χ0v) is 14.0. The Kier molecular flexibility index (Phi) is 5.76. The predicted octanol–water partition coefficient (Wildman–Crippen LogP) is 5.04. The van der Waals surface area contributed by atoms with E-state index in [1.54, 1.807) is 12.1 Å². The quantitative estimate of drug-likeness (QED) is 0.698. The summed E-state index contributed by atoms with van der Waals surface area (Å²) < 4.78 is 0.979. The fourth-order valence-corrected chi connectivity index (χ4v) is 3.21. The van der Waals surface area contributed by atoms with Crippen molar-refractivity contribution in [2.24, 2.45) is 0 Å². The molecule has 4 heteroatoms. The van der Waals surface area contributed by atoms with Crippen LogP contribution in [-0.4, -0.2) is 10.9 Å². The molecule has 0 heterocycles. The number of benzene rings is 2. The molecule has 0 fully saturated rings. The van der Waals surface area contributed by atoms with Gasteiger partial charge in [-0.1, -0.05) is 70.2 Å². The van der Waals surface area contributed by atoms with Crippen LogP contribution in [0.4, 0.5) is 0 Å². The molecule has 2 nitrogen and oxygen atoms in total. The average molecular weight is 363 g/mol. The normalized spacial score (nSPS) is 11.9. The van der Waals surface area contributed by atoms with Crippen molar-refractivity contribution in [1.29, 1.82) is 0 Å². The Morgan fingerprint density at radius 1 is 1.05 bits per heavy atom. The number of halogens is 1. The second kappa shape index (κ2) is 7.57. The van der Waals surface area contributed by atoms with Gasteiger partial charge in [0.15, 0.2) is 10.9 Å². The van der Waals surface area contributed by atoms with Crippen LogP contribution in [-0.2, 0) is 4.79 Å². The molecular weight excluding hydrogens is 348 g/mol. The van der Waals surface area contributed by atoms with Gasteiger partial charge in [0.05, 0.1) is 0 Å². The molecule has 2 rings (SSSR count). The highest BCUT2D eigenvalue weighted by Crippen LogP contribution is 2.34. The molecule has 0 amide bonds. The molecule has 0 spiro atoms. The lowest BCUT2D eigenvalue weighted by molar-refractivity contribution is -0.109. The summed E-state index contributed by atoms with van der Waals surface area (Å²) in [5.74, 6) is 0.0530. The Hall–Kier alpha value is -1.39. The Labute approximate surface area is 137 Å². The maximum atomic E-state index is 12.3. The zero-order valence-electron chi connectivity index (χ0n) is 11.6. The Morgan fingerprint density at radius 2 is 1.67 bits per heavy atom. The van der Waals surface area contributed by atoms with Gasteiger partial charge in [0.1, 0.15) is 0 Å². The van der Waals surface area contributed by atoms with Gasteiger partial charge in [-0.05, 0) is 17.7 Å². The van der Waals surface area contributed by atoms with E-state index in [4.69, 9.17) is 0 Å². The third-order valence-corrected chi connectivity index (χ3v) is 4.60. The molecule has 0 aromatic heterocycles. The molecule has 108 valence electrons.